The van der Waals surface area contributed by atoms with Gasteiger partial charge < -0.3 is 14.4 Å². The number of nitrogens with zero attached hydrogens (tertiary/aromatic N) is 4. The Balaban J connectivity index is 1.71. The summed E-state index contributed by atoms with van der Waals surface area (Å²) >= 11 is 0. The summed E-state index contributed by atoms with van der Waals surface area (Å²) in [5, 5.41) is 4.86. The van der Waals surface area contributed by atoms with Crippen LogP contribution in [0.4, 0.5) is 0 Å². The minimum absolute atomic E-state index is 0.0653. The molecule has 1 saturated carbocycles. The molecule has 154 valence electrons. The second kappa shape index (κ2) is 6.66. The molecule has 4 rings (SSSR count). The number of amides is 1. The Morgan fingerprint density at radius 1 is 1.29 bits per heavy atom. The van der Waals surface area contributed by atoms with Crippen LogP contribution in [-0.2, 0) is 28.4 Å². The van der Waals surface area contributed by atoms with Crippen LogP contribution in [0.15, 0.2) is 4.99 Å². The molecule has 1 saturated heterocycles. The van der Waals surface area contributed by atoms with Crippen molar-refractivity contribution in [2.45, 2.75) is 57.7 Å². The number of fused-ring (bicyclic) bond motifs is 3. The molecule has 7 nitrogen and oxygen atoms in total. The number of amidine groups is 1. The summed E-state index contributed by atoms with van der Waals surface area (Å²) in [5.41, 5.74) is 2.73. The van der Waals surface area contributed by atoms with E-state index in [0.29, 0.717) is 36.6 Å². The topological polar surface area (TPSA) is 69.0 Å². The molecule has 28 heavy (non-hydrogen) atoms. The maximum Gasteiger partial charge on any atom is 0.297 e. The van der Waals surface area contributed by atoms with Crippen LogP contribution in [0.25, 0.3) is 0 Å². The van der Waals surface area contributed by atoms with Crippen molar-refractivity contribution in [3.63, 3.8) is 0 Å². The van der Waals surface area contributed by atoms with E-state index in [0.717, 1.165) is 36.9 Å². The van der Waals surface area contributed by atoms with E-state index in [1.54, 1.807) is 4.68 Å². The van der Waals surface area contributed by atoms with Gasteiger partial charge in [0.15, 0.2) is 5.79 Å². The molecule has 0 radical (unpaired) electrons. The van der Waals surface area contributed by atoms with Gasteiger partial charge in [-0.05, 0) is 32.1 Å². The Morgan fingerprint density at radius 3 is 2.61 bits per heavy atom. The van der Waals surface area contributed by atoms with Crippen LogP contribution in [0, 0.1) is 11.8 Å². The van der Waals surface area contributed by atoms with Crippen molar-refractivity contribution >= 4 is 11.7 Å². The lowest BCUT2D eigenvalue weighted by molar-refractivity contribution is -0.234. The summed E-state index contributed by atoms with van der Waals surface area (Å²) in [4.78, 5) is 19.1. The fraction of sp³-hybridized carbons (Fsp3) is 0.762. The Bertz CT molecular complexity index is 822. The van der Waals surface area contributed by atoms with Crippen LogP contribution >= 0.6 is 0 Å². The molecular weight excluding hydrogens is 356 g/mol. The number of aliphatic imine (C=N–C) groups is 1. The predicted molar refractivity (Wildman–Crippen MR) is 107 cm³/mol. The number of hydrogen-bond acceptors (Lipinski definition) is 4. The summed E-state index contributed by atoms with van der Waals surface area (Å²) in [6, 6.07) is 0. The second-order valence-corrected chi connectivity index (χ2v) is 9.02. The molecule has 0 unspecified atom stereocenters. The molecule has 2 aliphatic carbocycles. The molecular formula is C21H32N4O3. The number of hydrogen-bond donors (Lipinski definition) is 0. The maximum atomic E-state index is 12.9. The van der Waals surface area contributed by atoms with Crippen molar-refractivity contribution < 1.29 is 14.3 Å². The molecule has 0 bridgehead atoms. The first-order valence-corrected chi connectivity index (χ1v) is 10.3. The lowest BCUT2D eigenvalue weighted by Gasteiger charge is -2.53. The third-order valence-corrected chi connectivity index (χ3v) is 7.39. The summed E-state index contributed by atoms with van der Waals surface area (Å²) in [7, 11) is 5.65. The first-order chi connectivity index (χ1) is 13.2. The largest absolute Gasteiger partial charge is 0.366 e. The molecule has 7 heteroatoms. The molecule has 0 N–H and O–H groups in total. The normalized spacial score (nSPS) is 31.6. The fourth-order valence-corrected chi connectivity index (χ4v) is 5.58. The van der Waals surface area contributed by atoms with Crippen molar-refractivity contribution in [2.24, 2.45) is 23.9 Å². The molecule has 3 atom stereocenters. The summed E-state index contributed by atoms with van der Waals surface area (Å²) < 4.78 is 13.9. The van der Waals surface area contributed by atoms with Crippen molar-refractivity contribution in [2.75, 3.05) is 27.3 Å². The molecule has 1 aromatic heterocycles. The highest BCUT2D eigenvalue weighted by Gasteiger charge is 2.58. The molecule has 3 aliphatic rings. The average molecular weight is 389 g/mol. The molecule has 2 fully saturated rings. The third kappa shape index (κ3) is 2.74. The second-order valence-electron chi connectivity index (χ2n) is 9.02. The number of ether oxygens (including phenoxy) is 2. The molecule has 1 amide bonds. The summed E-state index contributed by atoms with van der Waals surface area (Å²) in [6.45, 7) is 7.79. The average Bonchev–Trinajstić information content (AvgIpc) is 3.24. The van der Waals surface area contributed by atoms with E-state index >= 15 is 0 Å². The van der Waals surface area contributed by atoms with Gasteiger partial charge in [-0.1, -0.05) is 13.8 Å². The minimum atomic E-state index is -0.428. The van der Waals surface area contributed by atoms with Crippen LogP contribution < -0.4 is 0 Å². The van der Waals surface area contributed by atoms with Gasteiger partial charge in [0.25, 0.3) is 5.91 Å². The standard InChI is InChI=1S/C21H32N4O3/c1-13-16-8-7-15-17(19(26)22-14(2)24(4)5)25(6)23-18(15)20(16,3)9-10-21(13)27-11-12-28-21/h13,16H,7-12H2,1-6H3/b22-14+/t13-,16-,20-/m0/s1. The van der Waals surface area contributed by atoms with E-state index in [-0.39, 0.29) is 11.3 Å². The Hall–Kier alpha value is -1.73. The van der Waals surface area contributed by atoms with Crippen molar-refractivity contribution in [3.8, 4) is 0 Å². The smallest absolute Gasteiger partial charge is 0.297 e. The minimum Gasteiger partial charge on any atom is -0.366 e. The van der Waals surface area contributed by atoms with Gasteiger partial charge in [-0.2, -0.15) is 10.1 Å². The van der Waals surface area contributed by atoms with Gasteiger partial charge in [0.1, 0.15) is 11.5 Å². The van der Waals surface area contributed by atoms with Crippen LogP contribution in [0.3, 0.4) is 0 Å². The molecule has 0 aromatic carbocycles. The highest BCUT2D eigenvalue weighted by Crippen LogP contribution is 2.56. The van der Waals surface area contributed by atoms with Crippen molar-refractivity contribution in [1.82, 2.24) is 14.7 Å². The van der Waals surface area contributed by atoms with Gasteiger partial charge in [-0.3, -0.25) is 9.48 Å². The lowest BCUT2D eigenvalue weighted by atomic mass is 9.55. The van der Waals surface area contributed by atoms with Crippen LogP contribution in [0.5, 0.6) is 0 Å². The number of aromatic nitrogens is 2. The van der Waals surface area contributed by atoms with E-state index < -0.39 is 5.79 Å². The number of carbonyl (C=O) groups excluding carboxylic acids is 1. The lowest BCUT2D eigenvalue weighted by Crippen LogP contribution is -2.55. The van der Waals surface area contributed by atoms with Gasteiger partial charge in [0.2, 0.25) is 0 Å². The van der Waals surface area contributed by atoms with E-state index in [4.69, 9.17) is 14.6 Å². The highest BCUT2D eigenvalue weighted by molar-refractivity contribution is 6.02. The number of carbonyl (C=O) groups is 1. The van der Waals surface area contributed by atoms with Gasteiger partial charge in [-0.25, -0.2) is 0 Å². The van der Waals surface area contributed by atoms with Gasteiger partial charge in [-0.15, -0.1) is 0 Å². The first-order valence-electron chi connectivity index (χ1n) is 10.3. The van der Waals surface area contributed by atoms with Gasteiger partial charge >= 0.3 is 0 Å². The first kappa shape index (κ1) is 19.6. The zero-order valence-corrected chi connectivity index (χ0v) is 17.9. The van der Waals surface area contributed by atoms with Gasteiger partial charge in [0, 0.05) is 44.5 Å². The van der Waals surface area contributed by atoms with Crippen molar-refractivity contribution in [1.29, 1.82) is 0 Å². The molecule has 1 spiro atoms. The van der Waals surface area contributed by atoms with Crippen LogP contribution in [-0.4, -0.2) is 59.5 Å². The monoisotopic (exact) mass is 388 g/mol. The van der Waals surface area contributed by atoms with E-state index in [9.17, 15) is 4.79 Å². The van der Waals surface area contributed by atoms with Gasteiger partial charge in [0.05, 0.1) is 18.9 Å². The molecule has 1 aliphatic heterocycles. The molecule has 1 aromatic rings. The van der Waals surface area contributed by atoms with Crippen molar-refractivity contribution in [3.05, 3.63) is 17.0 Å². The fourth-order valence-electron chi connectivity index (χ4n) is 5.58. The summed E-state index contributed by atoms with van der Waals surface area (Å²) in [6.07, 6.45) is 3.70. The van der Waals surface area contributed by atoms with E-state index in [2.05, 4.69) is 18.8 Å². The maximum absolute atomic E-state index is 12.9. The third-order valence-electron chi connectivity index (χ3n) is 7.39. The van der Waals surface area contributed by atoms with E-state index in [1.165, 1.54) is 0 Å². The Kier molecular flexibility index (Phi) is 4.66. The Labute approximate surface area is 167 Å². The summed E-state index contributed by atoms with van der Waals surface area (Å²) in [5.74, 6) is 0.798. The number of rotatable bonds is 1. The van der Waals surface area contributed by atoms with Crippen LogP contribution in [0.1, 0.15) is 61.8 Å². The zero-order valence-electron chi connectivity index (χ0n) is 17.9. The predicted octanol–water partition coefficient (Wildman–Crippen LogP) is 2.53. The van der Waals surface area contributed by atoms with Crippen LogP contribution in [0.2, 0.25) is 0 Å². The number of aryl methyl sites for hydroxylation is 1. The Morgan fingerprint density at radius 2 is 1.96 bits per heavy atom. The molecule has 2 heterocycles. The van der Waals surface area contributed by atoms with E-state index in [1.807, 2.05) is 33.0 Å². The SMILES string of the molecule is C/C(=N\C(=O)c1c2c(nn1C)[C@@]1(C)CCC3(OCCO3)[C@@H](C)[C@@H]1CC2)N(C)C. The zero-order chi connectivity index (χ0) is 20.3. The highest BCUT2D eigenvalue weighted by atomic mass is 16.7. The quantitative estimate of drug-likeness (QED) is 0.546.